The first-order valence-corrected chi connectivity index (χ1v) is 22.8. The minimum atomic E-state index is -1.02. The van der Waals surface area contributed by atoms with Gasteiger partial charge in [-0.3, -0.25) is 14.6 Å². The van der Waals surface area contributed by atoms with E-state index in [1.54, 1.807) is 18.2 Å². The van der Waals surface area contributed by atoms with Crippen LogP contribution >= 0.6 is 23.2 Å². The van der Waals surface area contributed by atoms with Crippen LogP contribution in [-0.2, 0) is 24.8 Å². The summed E-state index contributed by atoms with van der Waals surface area (Å²) < 4.78 is 16.0. The number of fused-ring (bicyclic) bond motifs is 4. The van der Waals surface area contributed by atoms with Crippen molar-refractivity contribution in [1.29, 1.82) is 0 Å². The second-order valence-electron chi connectivity index (χ2n) is 17.6. The fourth-order valence-corrected chi connectivity index (χ4v) is 10.6. The molecule has 6 aromatic rings. The molecule has 0 spiro atoms. The molecule has 3 aromatic carbocycles. The van der Waals surface area contributed by atoms with E-state index in [1.807, 2.05) is 74.7 Å². The number of hydrogen-bond donors (Lipinski definition) is 1. The fraction of sp³-hybridized carbons (Fsp3) is 0.429. The number of aryl methyl sites for hydroxylation is 6. The van der Waals surface area contributed by atoms with Crippen LogP contribution in [0.15, 0.2) is 48.7 Å². The quantitative estimate of drug-likeness (QED) is 0.127. The predicted octanol–water partition coefficient (Wildman–Crippen LogP) is 9.36. The van der Waals surface area contributed by atoms with Gasteiger partial charge >= 0.3 is 5.97 Å². The molecule has 3 aliphatic rings. The van der Waals surface area contributed by atoms with Crippen molar-refractivity contribution >= 4 is 62.6 Å². The number of carbonyl (C=O) groups is 2. The zero-order valence-corrected chi connectivity index (χ0v) is 38.4. The van der Waals surface area contributed by atoms with Gasteiger partial charge < -0.3 is 28.6 Å². The van der Waals surface area contributed by atoms with Gasteiger partial charge in [0.05, 0.1) is 34.9 Å². The molecule has 2 fully saturated rings. The van der Waals surface area contributed by atoms with Gasteiger partial charge in [0.2, 0.25) is 0 Å². The van der Waals surface area contributed by atoms with Crippen LogP contribution in [0.4, 0.5) is 5.69 Å². The molecule has 12 nitrogen and oxygen atoms in total. The summed E-state index contributed by atoms with van der Waals surface area (Å²) in [6.07, 6.45) is 5.33. The number of aromatic nitrogens is 4. The van der Waals surface area contributed by atoms with Crippen molar-refractivity contribution in [3.8, 4) is 16.9 Å². The highest BCUT2D eigenvalue weighted by Gasteiger charge is 2.38. The van der Waals surface area contributed by atoms with Gasteiger partial charge in [0.15, 0.2) is 0 Å². The van der Waals surface area contributed by atoms with Crippen molar-refractivity contribution in [3.05, 3.63) is 104 Å². The van der Waals surface area contributed by atoms with Gasteiger partial charge in [-0.2, -0.15) is 0 Å². The molecular weight excluding hydrogens is 837 g/mol. The number of benzene rings is 3. The summed E-state index contributed by atoms with van der Waals surface area (Å²) in [5.74, 6) is 0.373. The van der Waals surface area contributed by atoms with E-state index in [0.717, 1.165) is 124 Å². The van der Waals surface area contributed by atoms with Gasteiger partial charge in [-0.05, 0) is 113 Å². The third-order valence-corrected chi connectivity index (χ3v) is 14.3. The maximum absolute atomic E-state index is 15.3. The molecule has 0 bridgehead atoms. The number of aromatic carboxylic acids is 1. The smallest absolute Gasteiger partial charge is 0.335 e. The summed E-state index contributed by atoms with van der Waals surface area (Å²) in [4.78, 5) is 44.5. The normalized spacial score (nSPS) is 17.9. The van der Waals surface area contributed by atoms with Gasteiger partial charge in [0, 0.05) is 115 Å². The molecule has 2 saturated heterocycles. The van der Waals surface area contributed by atoms with Gasteiger partial charge in [0.25, 0.3) is 5.91 Å². The number of carbonyl (C=O) groups excluding carboxylic acids is 1. The van der Waals surface area contributed by atoms with Crippen LogP contribution in [-0.4, -0.2) is 104 Å². The third-order valence-electron chi connectivity index (χ3n) is 13.4. The van der Waals surface area contributed by atoms with Crippen molar-refractivity contribution in [2.45, 2.75) is 78.9 Å². The summed E-state index contributed by atoms with van der Waals surface area (Å²) >= 11 is 13.7. The summed E-state index contributed by atoms with van der Waals surface area (Å²) in [5.41, 5.74) is 9.35. The molecule has 14 heteroatoms. The number of piperazine rings is 1. The fourth-order valence-electron chi connectivity index (χ4n) is 10.3. The lowest BCUT2D eigenvalue weighted by Gasteiger charge is -2.40. The average molecular weight is 893 g/mol. The molecule has 3 aromatic heterocycles. The predicted molar refractivity (Wildman–Crippen MR) is 249 cm³/mol. The third kappa shape index (κ3) is 8.10. The molecule has 3 aliphatic heterocycles. The Morgan fingerprint density at radius 1 is 0.921 bits per heavy atom. The Bertz CT molecular complexity index is 2720. The number of hydrogen-bond acceptors (Lipinski definition) is 8. The van der Waals surface area contributed by atoms with E-state index in [9.17, 15) is 9.90 Å². The minimum Gasteiger partial charge on any atom is -0.494 e. The standard InChI is InChI=1S/C49H55Cl2N7O5/c1-28-22-35(23-29(2)45(28)51)63-19-7-8-36-37-10-11-39(50)44(43-31(4)52-42(53-32(43)5)27-55-15-17-56(18-16-55)34-13-20-62-21-14-34)46(37)58-30(3)25-57(48(59)47(36)58)41-26-54(6)40-12-9-33(49(60)61)24-38(40)41/h9-12,22-24,26,30,34H,7-8,13-21,25,27H2,1-6H3,(H,60,61)/t30-/m1/s1. The molecule has 1 amide bonds. The molecule has 0 unspecified atom stereocenters. The highest BCUT2D eigenvalue weighted by molar-refractivity contribution is 6.35. The van der Waals surface area contributed by atoms with Crippen LogP contribution in [0.5, 0.6) is 5.75 Å². The topological polar surface area (TPSA) is 118 Å². The number of anilines is 1. The zero-order valence-electron chi connectivity index (χ0n) is 36.9. The maximum Gasteiger partial charge on any atom is 0.335 e. The molecule has 330 valence electrons. The van der Waals surface area contributed by atoms with Gasteiger partial charge in [-0.1, -0.05) is 29.3 Å². The van der Waals surface area contributed by atoms with Crippen LogP contribution in [0.3, 0.4) is 0 Å². The Hall–Kier alpha value is -4.98. The summed E-state index contributed by atoms with van der Waals surface area (Å²) in [6, 6.07) is 13.4. The maximum atomic E-state index is 15.3. The zero-order chi connectivity index (χ0) is 44.3. The summed E-state index contributed by atoms with van der Waals surface area (Å²) in [5, 5.41) is 12.8. The van der Waals surface area contributed by atoms with Crippen LogP contribution in [0.25, 0.3) is 32.9 Å². The molecule has 0 aliphatic carbocycles. The second kappa shape index (κ2) is 17.5. The second-order valence-corrected chi connectivity index (χ2v) is 18.4. The Balaban J connectivity index is 1.09. The van der Waals surface area contributed by atoms with Crippen LogP contribution in [0.2, 0.25) is 10.0 Å². The van der Waals surface area contributed by atoms with E-state index in [2.05, 4.69) is 21.3 Å². The molecule has 6 heterocycles. The first-order valence-electron chi connectivity index (χ1n) is 22.1. The summed E-state index contributed by atoms with van der Waals surface area (Å²) in [6.45, 7) is 17.3. The Morgan fingerprint density at radius 3 is 2.30 bits per heavy atom. The molecule has 1 N–H and O–H groups in total. The van der Waals surface area contributed by atoms with Gasteiger partial charge in [-0.25, -0.2) is 14.8 Å². The van der Waals surface area contributed by atoms with E-state index in [4.69, 9.17) is 42.6 Å². The molecule has 0 radical (unpaired) electrons. The highest BCUT2D eigenvalue weighted by Crippen LogP contribution is 2.45. The number of ether oxygens (including phenoxy) is 2. The molecule has 0 saturated carbocycles. The lowest BCUT2D eigenvalue weighted by Crippen LogP contribution is -2.51. The SMILES string of the molecule is Cc1cc(OCCCc2c3n(c4c(-c5c(C)nc(CN6CCN(C7CCOCC7)CC6)nc5C)c(Cl)ccc24)[C@H](C)CN(c2cn(C)c4ccc(C(=O)O)cc24)C3=O)cc(C)c1Cl. The number of carboxylic acids is 1. The number of halogens is 2. The van der Waals surface area contributed by atoms with E-state index in [1.165, 1.54) is 0 Å². The van der Waals surface area contributed by atoms with Crippen molar-refractivity contribution in [2.24, 2.45) is 7.05 Å². The molecule has 63 heavy (non-hydrogen) atoms. The van der Waals surface area contributed by atoms with Crippen LogP contribution in [0, 0.1) is 27.7 Å². The van der Waals surface area contributed by atoms with E-state index in [0.29, 0.717) is 60.4 Å². The number of rotatable bonds is 11. The van der Waals surface area contributed by atoms with E-state index in [-0.39, 0.29) is 17.5 Å². The Morgan fingerprint density at radius 2 is 1.62 bits per heavy atom. The van der Waals surface area contributed by atoms with Crippen molar-refractivity contribution in [3.63, 3.8) is 0 Å². The first-order chi connectivity index (χ1) is 30.3. The Kier molecular flexibility index (Phi) is 12.0. The summed E-state index contributed by atoms with van der Waals surface area (Å²) in [7, 11) is 1.91. The first kappa shape index (κ1) is 43.3. The Labute approximate surface area is 378 Å². The van der Waals surface area contributed by atoms with Crippen molar-refractivity contribution in [1.82, 2.24) is 28.9 Å². The van der Waals surface area contributed by atoms with Crippen molar-refractivity contribution in [2.75, 3.05) is 57.4 Å². The number of amides is 1. The molecular formula is C49H55Cl2N7O5. The molecule has 9 rings (SSSR count). The lowest BCUT2D eigenvalue weighted by atomic mass is 9.97. The van der Waals surface area contributed by atoms with Crippen LogP contribution < -0.4 is 9.64 Å². The van der Waals surface area contributed by atoms with E-state index >= 15 is 4.79 Å². The monoisotopic (exact) mass is 891 g/mol. The minimum absolute atomic E-state index is 0.156. The van der Waals surface area contributed by atoms with E-state index < -0.39 is 5.97 Å². The number of nitrogens with zero attached hydrogens (tertiary/aromatic N) is 7. The average Bonchev–Trinajstić information content (AvgIpc) is 3.78. The largest absolute Gasteiger partial charge is 0.494 e. The van der Waals surface area contributed by atoms with Gasteiger partial charge in [0.1, 0.15) is 17.3 Å². The lowest BCUT2D eigenvalue weighted by molar-refractivity contribution is 0.0122. The highest BCUT2D eigenvalue weighted by atomic mass is 35.5. The molecule has 1 atom stereocenters. The van der Waals surface area contributed by atoms with Crippen LogP contribution in [0.1, 0.15) is 87.0 Å². The number of carboxylic acid groups (broad SMARTS) is 1. The van der Waals surface area contributed by atoms with Crippen molar-refractivity contribution < 1.29 is 24.2 Å². The van der Waals surface area contributed by atoms with Gasteiger partial charge in [-0.15, -0.1) is 0 Å².